The van der Waals surface area contributed by atoms with E-state index in [2.05, 4.69) is 15.3 Å². The summed E-state index contributed by atoms with van der Waals surface area (Å²) < 4.78 is 15.7. The number of fused-ring (bicyclic) bond motifs is 4. The molecule has 0 aliphatic heterocycles. The Balaban J connectivity index is 1.29. The van der Waals surface area contributed by atoms with Crippen LogP contribution in [0.25, 0.3) is 21.9 Å². The van der Waals surface area contributed by atoms with Crippen molar-refractivity contribution in [1.82, 2.24) is 19.9 Å². The van der Waals surface area contributed by atoms with Crippen molar-refractivity contribution in [3.8, 4) is 0 Å². The van der Waals surface area contributed by atoms with Crippen LogP contribution in [0.15, 0.2) is 42.5 Å². The van der Waals surface area contributed by atoms with Gasteiger partial charge in [-0.25, -0.2) is 9.37 Å². The number of hydrogen-bond acceptors (Lipinski definition) is 3. The molecule has 2 heterocycles. The Labute approximate surface area is 183 Å². The highest BCUT2D eigenvalue weighted by Crippen LogP contribution is 2.33. The minimum atomic E-state index is -0.935. The summed E-state index contributed by atoms with van der Waals surface area (Å²) in [6.45, 7) is -0.161. The van der Waals surface area contributed by atoms with E-state index in [1.807, 2.05) is 24.3 Å². The highest BCUT2D eigenvalue weighted by molar-refractivity contribution is 5.87. The highest BCUT2D eigenvalue weighted by atomic mass is 19.1. The number of rotatable bonds is 6. The van der Waals surface area contributed by atoms with Gasteiger partial charge in [0.2, 0.25) is 5.91 Å². The standard InChI is InChI=1S/C24H23FN4O3/c25-14-5-7-20-16(11-14)17-12-15(6-8-21(17)29(20)13-24(31)32)26-23(30)10-9-22-27-18-3-1-2-4-19(18)28-22/h1-5,7,11,15H,6,8-10,12-13H2,(H,26,30)(H,27,28)(H,31,32). The lowest BCUT2D eigenvalue weighted by atomic mass is 9.91. The van der Waals surface area contributed by atoms with Crippen molar-refractivity contribution in [3.05, 3.63) is 65.4 Å². The molecule has 3 N–H and O–H groups in total. The van der Waals surface area contributed by atoms with Gasteiger partial charge in [0.1, 0.15) is 18.2 Å². The second kappa shape index (κ2) is 8.11. The van der Waals surface area contributed by atoms with Crippen LogP contribution in [0.2, 0.25) is 0 Å². The molecule has 1 atom stereocenters. The minimum absolute atomic E-state index is 0.0561. The number of carboxylic acid groups (broad SMARTS) is 1. The normalized spacial score (nSPS) is 15.7. The van der Waals surface area contributed by atoms with Gasteiger partial charge in [-0.15, -0.1) is 0 Å². The maximum atomic E-state index is 13.9. The molecule has 0 fully saturated rings. The van der Waals surface area contributed by atoms with Gasteiger partial charge in [0.25, 0.3) is 0 Å². The second-order valence-corrected chi connectivity index (χ2v) is 8.27. The number of aromatic amines is 1. The number of nitrogens with one attached hydrogen (secondary N) is 2. The summed E-state index contributed by atoms with van der Waals surface area (Å²) in [6.07, 6.45) is 2.73. The Morgan fingerprint density at radius 3 is 2.91 bits per heavy atom. The Bertz CT molecular complexity index is 1310. The third kappa shape index (κ3) is 3.84. The van der Waals surface area contributed by atoms with E-state index in [9.17, 15) is 19.1 Å². The van der Waals surface area contributed by atoms with Crippen LogP contribution in [-0.4, -0.2) is 37.6 Å². The topological polar surface area (TPSA) is 100 Å². The maximum Gasteiger partial charge on any atom is 0.323 e. The zero-order valence-corrected chi connectivity index (χ0v) is 17.4. The average molecular weight is 434 g/mol. The lowest BCUT2D eigenvalue weighted by Gasteiger charge is -2.25. The fraction of sp³-hybridized carbons (Fsp3) is 0.292. The first-order chi connectivity index (χ1) is 15.5. The Kier molecular flexibility index (Phi) is 5.13. The van der Waals surface area contributed by atoms with E-state index in [1.54, 1.807) is 10.6 Å². The Morgan fingerprint density at radius 1 is 1.25 bits per heavy atom. The number of carbonyl (C=O) groups excluding carboxylic acids is 1. The molecule has 2 aromatic heterocycles. The number of aryl methyl sites for hydroxylation is 1. The molecule has 1 aliphatic rings. The van der Waals surface area contributed by atoms with Crippen molar-refractivity contribution < 1.29 is 19.1 Å². The van der Waals surface area contributed by atoms with Gasteiger partial charge in [-0.05, 0) is 55.2 Å². The minimum Gasteiger partial charge on any atom is -0.480 e. The molecule has 5 rings (SSSR count). The van der Waals surface area contributed by atoms with E-state index < -0.39 is 5.97 Å². The molecule has 32 heavy (non-hydrogen) atoms. The van der Waals surface area contributed by atoms with Crippen LogP contribution in [0.1, 0.15) is 29.9 Å². The molecule has 0 spiro atoms. The molecule has 164 valence electrons. The molecule has 8 heteroatoms. The zero-order valence-electron chi connectivity index (χ0n) is 17.4. The molecule has 0 bridgehead atoms. The number of carbonyl (C=O) groups is 2. The van der Waals surface area contributed by atoms with Gasteiger partial charge in [0, 0.05) is 35.5 Å². The number of carboxylic acids is 1. The number of benzene rings is 2. The Hall–Kier alpha value is -3.68. The number of aromatic nitrogens is 3. The summed E-state index contributed by atoms with van der Waals surface area (Å²) in [7, 11) is 0. The number of nitrogens with zero attached hydrogens (tertiary/aromatic N) is 2. The first kappa shape index (κ1) is 20.2. The molecular weight excluding hydrogens is 411 g/mol. The monoisotopic (exact) mass is 434 g/mol. The van der Waals surface area contributed by atoms with Gasteiger partial charge in [-0.2, -0.15) is 0 Å². The van der Waals surface area contributed by atoms with Crippen LogP contribution in [-0.2, 0) is 35.4 Å². The van der Waals surface area contributed by atoms with Gasteiger partial charge >= 0.3 is 5.97 Å². The van der Waals surface area contributed by atoms with Crippen molar-refractivity contribution in [2.45, 2.75) is 44.7 Å². The average Bonchev–Trinajstić information content (AvgIpc) is 3.31. The van der Waals surface area contributed by atoms with Crippen molar-refractivity contribution in [1.29, 1.82) is 0 Å². The van der Waals surface area contributed by atoms with E-state index >= 15 is 0 Å². The summed E-state index contributed by atoms with van der Waals surface area (Å²) in [5, 5.41) is 13.1. The number of halogens is 1. The van der Waals surface area contributed by atoms with Crippen LogP contribution >= 0.6 is 0 Å². The Morgan fingerprint density at radius 2 is 2.09 bits per heavy atom. The van der Waals surface area contributed by atoms with Crippen molar-refractivity contribution in [2.24, 2.45) is 0 Å². The molecule has 1 aliphatic carbocycles. The van der Waals surface area contributed by atoms with Crippen LogP contribution in [0.5, 0.6) is 0 Å². The summed E-state index contributed by atoms with van der Waals surface area (Å²) in [6, 6.07) is 12.1. The SMILES string of the molecule is O=C(O)Cn1c2c(c3cc(F)ccc31)CC(NC(=O)CCc1nc3ccccc3[nH]1)CC2. The first-order valence-corrected chi connectivity index (χ1v) is 10.7. The molecule has 1 amide bonds. The first-order valence-electron chi connectivity index (χ1n) is 10.7. The molecule has 0 saturated heterocycles. The van der Waals surface area contributed by atoms with Gasteiger partial charge in [0.15, 0.2) is 0 Å². The number of imidazole rings is 1. The third-order valence-corrected chi connectivity index (χ3v) is 6.11. The van der Waals surface area contributed by atoms with E-state index in [4.69, 9.17) is 0 Å². The summed E-state index contributed by atoms with van der Waals surface area (Å²) >= 11 is 0. The fourth-order valence-electron chi connectivity index (χ4n) is 4.72. The predicted octanol–water partition coefficient (Wildman–Crippen LogP) is 3.35. The van der Waals surface area contributed by atoms with Gasteiger partial charge < -0.3 is 20.0 Å². The molecule has 2 aromatic carbocycles. The number of aliphatic carboxylic acids is 1. The number of amides is 1. The van der Waals surface area contributed by atoms with Crippen molar-refractivity contribution in [2.75, 3.05) is 0 Å². The second-order valence-electron chi connectivity index (χ2n) is 8.27. The van der Waals surface area contributed by atoms with Crippen molar-refractivity contribution >= 4 is 33.8 Å². The maximum absolute atomic E-state index is 13.9. The van der Waals surface area contributed by atoms with Crippen LogP contribution in [0.3, 0.4) is 0 Å². The molecule has 1 unspecified atom stereocenters. The zero-order chi connectivity index (χ0) is 22.2. The fourth-order valence-corrected chi connectivity index (χ4v) is 4.72. The molecular formula is C24H23FN4O3. The summed E-state index contributed by atoms with van der Waals surface area (Å²) in [5.41, 5.74) is 4.39. The number of H-pyrrole nitrogens is 1. The highest BCUT2D eigenvalue weighted by Gasteiger charge is 2.27. The molecule has 4 aromatic rings. The van der Waals surface area contributed by atoms with Crippen LogP contribution < -0.4 is 5.32 Å². The largest absolute Gasteiger partial charge is 0.480 e. The summed E-state index contributed by atoms with van der Waals surface area (Å²) in [4.78, 5) is 31.7. The van der Waals surface area contributed by atoms with E-state index in [-0.39, 0.29) is 24.3 Å². The van der Waals surface area contributed by atoms with E-state index in [0.29, 0.717) is 32.1 Å². The summed E-state index contributed by atoms with van der Waals surface area (Å²) in [5.74, 6) is -0.571. The molecule has 0 radical (unpaired) electrons. The van der Waals surface area contributed by atoms with Crippen LogP contribution in [0.4, 0.5) is 4.39 Å². The lowest BCUT2D eigenvalue weighted by molar-refractivity contribution is -0.137. The van der Waals surface area contributed by atoms with Gasteiger partial charge in [-0.1, -0.05) is 12.1 Å². The molecule has 0 saturated carbocycles. The van der Waals surface area contributed by atoms with Crippen LogP contribution in [0, 0.1) is 5.82 Å². The van der Waals surface area contributed by atoms with Crippen molar-refractivity contribution in [3.63, 3.8) is 0 Å². The number of hydrogen-bond donors (Lipinski definition) is 3. The quantitative estimate of drug-likeness (QED) is 0.433. The molecule has 7 nitrogen and oxygen atoms in total. The van der Waals surface area contributed by atoms with Gasteiger partial charge in [0.05, 0.1) is 11.0 Å². The number of para-hydroxylation sites is 2. The van der Waals surface area contributed by atoms with E-state index in [0.717, 1.165) is 39.0 Å². The lowest BCUT2D eigenvalue weighted by Crippen LogP contribution is -2.39. The predicted molar refractivity (Wildman–Crippen MR) is 118 cm³/mol. The third-order valence-electron chi connectivity index (χ3n) is 6.11. The van der Waals surface area contributed by atoms with E-state index in [1.165, 1.54) is 12.1 Å². The van der Waals surface area contributed by atoms with Gasteiger partial charge in [-0.3, -0.25) is 9.59 Å². The smallest absolute Gasteiger partial charge is 0.323 e.